The third-order valence-electron chi connectivity index (χ3n) is 5.69. The fourth-order valence-electron chi connectivity index (χ4n) is 4.15. The molecule has 1 N–H and O–H groups in total. The second-order valence-electron chi connectivity index (χ2n) is 9.17. The van der Waals surface area contributed by atoms with E-state index in [1.54, 1.807) is 30.6 Å². The van der Waals surface area contributed by atoms with Crippen molar-refractivity contribution in [1.29, 1.82) is 0 Å². The lowest BCUT2D eigenvalue weighted by atomic mass is 9.99. The van der Waals surface area contributed by atoms with Gasteiger partial charge in [0.2, 0.25) is 0 Å². The number of ether oxygens (including phenoxy) is 3. The van der Waals surface area contributed by atoms with Crippen molar-refractivity contribution in [1.82, 2.24) is 9.80 Å². The fourth-order valence-corrected chi connectivity index (χ4v) is 4.45. The number of methoxy groups -OCH3 is 1. The molecule has 2 heterocycles. The SMILES string of the molecule is COc1cc(-c2c(O)cccc2F)c(Cl)c2c1C(=O)N1CCN(C(=O)OC(C)(C)C)C[C@@H]1CO2. The predicted molar refractivity (Wildman–Crippen MR) is 123 cm³/mol. The van der Waals surface area contributed by atoms with Gasteiger partial charge in [-0.25, -0.2) is 9.18 Å². The molecule has 0 saturated carbocycles. The third kappa shape index (κ3) is 4.32. The van der Waals surface area contributed by atoms with Gasteiger partial charge in [0.15, 0.2) is 5.75 Å². The molecule has 2 aromatic carbocycles. The maximum absolute atomic E-state index is 14.6. The predicted octanol–water partition coefficient (Wildman–Crippen LogP) is 4.31. The summed E-state index contributed by atoms with van der Waals surface area (Å²) in [6.45, 7) is 6.19. The van der Waals surface area contributed by atoms with Crippen molar-refractivity contribution in [3.8, 4) is 28.4 Å². The number of piperazine rings is 1. The molecule has 0 aliphatic carbocycles. The molecule has 2 aliphatic rings. The Kier molecular flexibility index (Phi) is 6.24. The molecule has 0 aromatic heterocycles. The number of rotatable bonds is 2. The molecular formula is C24H26ClFN2O6. The van der Waals surface area contributed by atoms with E-state index in [4.69, 9.17) is 25.8 Å². The summed E-state index contributed by atoms with van der Waals surface area (Å²) in [6.07, 6.45) is -0.464. The Morgan fingerprint density at radius 2 is 2.00 bits per heavy atom. The van der Waals surface area contributed by atoms with Crippen LogP contribution < -0.4 is 9.47 Å². The maximum Gasteiger partial charge on any atom is 0.410 e. The number of hydrogen-bond acceptors (Lipinski definition) is 6. The van der Waals surface area contributed by atoms with Gasteiger partial charge >= 0.3 is 6.09 Å². The normalized spacial score (nSPS) is 17.9. The van der Waals surface area contributed by atoms with Crippen LogP contribution in [0, 0.1) is 5.82 Å². The first-order chi connectivity index (χ1) is 16.0. The van der Waals surface area contributed by atoms with Gasteiger partial charge < -0.3 is 29.1 Å². The minimum Gasteiger partial charge on any atom is -0.507 e. The molecule has 1 fully saturated rings. The number of fused-ring (bicyclic) bond motifs is 2. The highest BCUT2D eigenvalue weighted by molar-refractivity contribution is 6.36. The monoisotopic (exact) mass is 492 g/mol. The topological polar surface area (TPSA) is 88.5 Å². The first kappa shape index (κ1) is 23.9. The van der Waals surface area contributed by atoms with Crippen LogP contribution in [-0.4, -0.2) is 71.9 Å². The van der Waals surface area contributed by atoms with E-state index in [-0.39, 0.29) is 64.6 Å². The summed E-state index contributed by atoms with van der Waals surface area (Å²) in [7, 11) is 1.38. The van der Waals surface area contributed by atoms with E-state index in [0.717, 1.165) is 0 Å². The molecule has 2 aliphatic heterocycles. The average Bonchev–Trinajstić information content (AvgIpc) is 2.91. The van der Waals surface area contributed by atoms with Crippen molar-refractivity contribution < 1.29 is 33.3 Å². The molecule has 0 radical (unpaired) electrons. The number of phenolic OH excluding ortho intramolecular Hbond substituents is 1. The van der Waals surface area contributed by atoms with Gasteiger partial charge in [0.1, 0.15) is 35.1 Å². The van der Waals surface area contributed by atoms with E-state index in [0.29, 0.717) is 6.54 Å². The Hall–Kier alpha value is -3.20. The zero-order valence-electron chi connectivity index (χ0n) is 19.4. The number of halogens is 2. The van der Waals surface area contributed by atoms with Crippen molar-refractivity contribution in [2.75, 3.05) is 33.4 Å². The molecule has 1 atom stereocenters. The first-order valence-corrected chi connectivity index (χ1v) is 11.2. The summed E-state index contributed by atoms with van der Waals surface area (Å²) in [6, 6.07) is 4.87. The van der Waals surface area contributed by atoms with Crippen molar-refractivity contribution in [3.05, 3.63) is 40.7 Å². The highest BCUT2D eigenvalue weighted by Crippen LogP contribution is 2.47. The molecule has 2 amide bonds. The molecular weight excluding hydrogens is 467 g/mol. The summed E-state index contributed by atoms with van der Waals surface area (Å²) in [5.74, 6) is -1.19. The second-order valence-corrected chi connectivity index (χ2v) is 9.55. The van der Waals surface area contributed by atoms with Gasteiger partial charge in [0.25, 0.3) is 5.91 Å². The van der Waals surface area contributed by atoms with Crippen LogP contribution in [0.3, 0.4) is 0 Å². The number of carbonyl (C=O) groups is 2. The molecule has 34 heavy (non-hydrogen) atoms. The summed E-state index contributed by atoms with van der Waals surface area (Å²) >= 11 is 6.61. The third-order valence-corrected chi connectivity index (χ3v) is 6.07. The van der Waals surface area contributed by atoms with Gasteiger partial charge in [-0.1, -0.05) is 17.7 Å². The summed E-state index contributed by atoms with van der Waals surface area (Å²) in [4.78, 5) is 29.3. The number of carbonyl (C=O) groups excluding carboxylic acids is 2. The Morgan fingerprint density at radius 3 is 2.65 bits per heavy atom. The van der Waals surface area contributed by atoms with Crippen LogP contribution in [0.4, 0.5) is 9.18 Å². The number of hydrogen-bond donors (Lipinski definition) is 1. The summed E-state index contributed by atoms with van der Waals surface area (Å²) in [5.41, 5.74) is -0.519. The van der Waals surface area contributed by atoms with Gasteiger partial charge in [0, 0.05) is 25.2 Å². The molecule has 4 rings (SSSR count). The second kappa shape index (κ2) is 8.87. The molecule has 0 unspecified atom stereocenters. The Bertz CT molecular complexity index is 1130. The van der Waals surface area contributed by atoms with Crippen LogP contribution in [0.25, 0.3) is 11.1 Å². The van der Waals surface area contributed by atoms with E-state index in [9.17, 15) is 19.1 Å². The zero-order valence-corrected chi connectivity index (χ0v) is 20.1. The number of benzene rings is 2. The lowest BCUT2D eigenvalue weighted by Crippen LogP contribution is -2.58. The quantitative estimate of drug-likeness (QED) is 0.672. The molecule has 8 nitrogen and oxygen atoms in total. The number of amides is 2. The van der Waals surface area contributed by atoms with Gasteiger partial charge in [-0.15, -0.1) is 0 Å². The van der Waals surface area contributed by atoms with Crippen LogP contribution in [-0.2, 0) is 4.74 Å². The molecule has 0 spiro atoms. The van der Waals surface area contributed by atoms with Gasteiger partial charge in [-0.3, -0.25) is 4.79 Å². The highest BCUT2D eigenvalue weighted by Gasteiger charge is 2.40. The lowest BCUT2D eigenvalue weighted by molar-refractivity contribution is 0.000918. The van der Waals surface area contributed by atoms with Gasteiger partial charge in [-0.2, -0.15) is 0 Å². The highest BCUT2D eigenvalue weighted by atomic mass is 35.5. The van der Waals surface area contributed by atoms with Gasteiger partial charge in [0.05, 0.1) is 23.7 Å². The molecule has 182 valence electrons. The van der Waals surface area contributed by atoms with Crippen molar-refractivity contribution in [2.24, 2.45) is 0 Å². The number of nitrogens with zero attached hydrogens (tertiary/aromatic N) is 2. The summed E-state index contributed by atoms with van der Waals surface area (Å²) < 4.78 is 31.5. The molecule has 10 heteroatoms. The smallest absolute Gasteiger partial charge is 0.410 e. The van der Waals surface area contributed by atoms with E-state index in [1.807, 2.05) is 0 Å². The van der Waals surface area contributed by atoms with Crippen LogP contribution in [0.15, 0.2) is 24.3 Å². The lowest BCUT2D eigenvalue weighted by Gasteiger charge is -2.40. The van der Waals surface area contributed by atoms with Gasteiger partial charge in [-0.05, 0) is 39.0 Å². The Balaban J connectivity index is 1.71. The molecule has 2 aromatic rings. The van der Waals surface area contributed by atoms with Crippen molar-refractivity contribution >= 4 is 23.6 Å². The van der Waals surface area contributed by atoms with Crippen LogP contribution in [0.5, 0.6) is 17.2 Å². The summed E-state index contributed by atoms with van der Waals surface area (Å²) in [5, 5.41) is 10.2. The van der Waals surface area contributed by atoms with Crippen LogP contribution >= 0.6 is 11.6 Å². The van der Waals surface area contributed by atoms with Crippen LogP contribution in [0.2, 0.25) is 5.02 Å². The molecule has 0 bridgehead atoms. The number of phenols is 1. The van der Waals surface area contributed by atoms with E-state index in [1.165, 1.54) is 31.4 Å². The Labute approximate surface area is 201 Å². The van der Waals surface area contributed by atoms with E-state index in [2.05, 4.69) is 0 Å². The Morgan fingerprint density at radius 1 is 1.26 bits per heavy atom. The standard InChI is InChI=1S/C24H26ClFN2O6/c1-24(2,3)34-23(31)27-8-9-28-13(11-27)12-33-21-19(22(28)30)17(32-4)10-14(20(21)25)18-15(26)6-5-7-16(18)29/h5-7,10,13,29H,8-9,11-12H2,1-4H3/t13-/m1/s1. The number of aromatic hydroxyl groups is 1. The van der Waals surface area contributed by atoms with Crippen LogP contribution in [0.1, 0.15) is 31.1 Å². The largest absolute Gasteiger partial charge is 0.507 e. The van der Waals surface area contributed by atoms with E-state index >= 15 is 0 Å². The fraction of sp³-hybridized carbons (Fsp3) is 0.417. The minimum absolute atomic E-state index is 0.0200. The van der Waals surface area contributed by atoms with Crippen molar-refractivity contribution in [2.45, 2.75) is 32.4 Å². The molecule has 1 saturated heterocycles. The average molecular weight is 493 g/mol. The van der Waals surface area contributed by atoms with E-state index < -0.39 is 23.6 Å². The minimum atomic E-state index is -0.686. The maximum atomic E-state index is 14.6. The first-order valence-electron chi connectivity index (χ1n) is 10.8. The van der Waals surface area contributed by atoms with Crippen molar-refractivity contribution in [3.63, 3.8) is 0 Å². The zero-order chi connectivity index (χ0) is 24.8.